The van der Waals surface area contributed by atoms with Gasteiger partial charge in [0.15, 0.2) is 0 Å². The van der Waals surface area contributed by atoms with E-state index in [-0.39, 0.29) is 0 Å². The molecule has 1 unspecified atom stereocenters. The van der Waals surface area contributed by atoms with E-state index in [1.807, 2.05) is 24.3 Å². The molecule has 1 atom stereocenters. The van der Waals surface area contributed by atoms with E-state index in [1.165, 1.54) is 57.8 Å². The zero-order chi connectivity index (χ0) is 18.6. The fourth-order valence-corrected chi connectivity index (χ4v) is 3.72. The van der Waals surface area contributed by atoms with Gasteiger partial charge in [-0.05, 0) is 41.3 Å². The van der Waals surface area contributed by atoms with Gasteiger partial charge in [0.2, 0.25) is 0 Å². The second-order valence-electron chi connectivity index (χ2n) is 7.03. The van der Waals surface area contributed by atoms with Gasteiger partial charge in [-0.2, -0.15) is 0 Å². The zero-order valence-electron chi connectivity index (χ0n) is 15.9. The van der Waals surface area contributed by atoms with Crippen molar-refractivity contribution in [3.05, 3.63) is 42.0 Å². The standard InChI is InChI=1S/C22H32O3S/c1-2-3-4-5-6-7-8-9-10-11-16-21-17-19-14-12-13-15-20(19)18-22(21)25-26(23)24/h12-15,17-18H,2-11,16H2,1H3,(H,23,24)/p-1. The Morgan fingerprint density at radius 2 is 1.38 bits per heavy atom. The Morgan fingerprint density at radius 1 is 0.846 bits per heavy atom. The lowest BCUT2D eigenvalue weighted by atomic mass is 10.0. The molecule has 4 heteroatoms. The average molecular weight is 376 g/mol. The summed E-state index contributed by atoms with van der Waals surface area (Å²) in [6.45, 7) is 2.25. The first-order valence-electron chi connectivity index (χ1n) is 10.00. The van der Waals surface area contributed by atoms with Crippen LogP contribution in [0.25, 0.3) is 10.8 Å². The van der Waals surface area contributed by atoms with Gasteiger partial charge in [0, 0.05) is 0 Å². The lowest BCUT2D eigenvalue weighted by Crippen LogP contribution is -2.01. The van der Waals surface area contributed by atoms with Crippen molar-refractivity contribution < 1.29 is 12.9 Å². The van der Waals surface area contributed by atoms with Gasteiger partial charge in [-0.1, -0.05) is 89.0 Å². The third kappa shape index (κ3) is 7.46. The van der Waals surface area contributed by atoms with Gasteiger partial charge >= 0.3 is 0 Å². The van der Waals surface area contributed by atoms with Crippen LogP contribution < -0.4 is 4.18 Å². The fourth-order valence-electron chi connectivity index (χ4n) is 3.42. The maximum atomic E-state index is 11.0. The highest BCUT2D eigenvalue weighted by Crippen LogP contribution is 2.28. The molecule has 0 spiro atoms. The van der Waals surface area contributed by atoms with E-state index in [4.69, 9.17) is 4.18 Å². The van der Waals surface area contributed by atoms with Crippen LogP contribution in [0.15, 0.2) is 36.4 Å². The highest BCUT2D eigenvalue weighted by molar-refractivity contribution is 7.74. The number of aryl methyl sites for hydroxylation is 1. The summed E-state index contributed by atoms with van der Waals surface area (Å²) in [5, 5.41) is 2.12. The van der Waals surface area contributed by atoms with Gasteiger partial charge in [-0.25, -0.2) is 4.21 Å². The van der Waals surface area contributed by atoms with Crippen LogP contribution in [0.3, 0.4) is 0 Å². The minimum Gasteiger partial charge on any atom is -0.740 e. The second-order valence-corrected chi connectivity index (χ2v) is 7.60. The first-order valence-corrected chi connectivity index (χ1v) is 11.0. The number of hydrogen-bond acceptors (Lipinski definition) is 3. The molecule has 0 aromatic heterocycles. The van der Waals surface area contributed by atoms with Gasteiger partial charge in [-0.15, -0.1) is 0 Å². The van der Waals surface area contributed by atoms with E-state index in [9.17, 15) is 8.76 Å². The molecule has 0 saturated carbocycles. The molecule has 0 aliphatic heterocycles. The molecule has 0 aliphatic carbocycles. The molecule has 2 aromatic carbocycles. The van der Waals surface area contributed by atoms with E-state index in [0.29, 0.717) is 5.75 Å². The van der Waals surface area contributed by atoms with E-state index >= 15 is 0 Å². The summed E-state index contributed by atoms with van der Waals surface area (Å²) in [6.07, 6.45) is 13.8. The molecule has 2 aromatic rings. The minimum absolute atomic E-state index is 0.466. The zero-order valence-corrected chi connectivity index (χ0v) is 16.7. The average Bonchev–Trinajstić information content (AvgIpc) is 2.63. The van der Waals surface area contributed by atoms with Crippen molar-refractivity contribution >= 4 is 22.1 Å². The summed E-state index contributed by atoms with van der Waals surface area (Å²) >= 11 is -2.54. The van der Waals surface area contributed by atoms with Crippen LogP contribution in [0, 0.1) is 0 Å². The lowest BCUT2D eigenvalue weighted by molar-refractivity contribution is 0.438. The SMILES string of the molecule is CCCCCCCCCCCCc1cc2ccccc2cc1OS(=O)[O-]. The van der Waals surface area contributed by atoms with Crippen LogP contribution in [-0.4, -0.2) is 8.76 Å². The molecule has 0 heterocycles. The minimum atomic E-state index is -2.54. The van der Waals surface area contributed by atoms with Crippen LogP contribution in [-0.2, 0) is 17.8 Å². The molecule has 0 amide bonds. The Kier molecular flexibility index (Phi) is 9.72. The summed E-state index contributed by atoms with van der Waals surface area (Å²) < 4.78 is 27.0. The van der Waals surface area contributed by atoms with Crippen LogP contribution in [0.5, 0.6) is 5.75 Å². The summed E-state index contributed by atoms with van der Waals surface area (Å²) in [5.74, 6) is 0.466. The van der Waals surface area contributed by atoms with Crippen LogP contribution in [0.2, 0.25) is 0 Å². The van der Waals surface area contributed by atoms with Crippen molar-refractivity contribution in [2.24, 2.45) is 0 Å². The molecular weight excluding hydrogens is 344 g/mol. The van der Waals surface area contributed by atoms with Crippen LogP contribution in [0.1, 0.15) is 76.7 Å². The van der Waals surface area contributed by atoms with Crippen LogP contribution in [0.4, 0.5) is 0 Å². The molecule has 144 valence electrons. The molecule has 0 N–H and O–H groups in total. The molecule has 0 fully saturated rings. The first-order chi connectivity index (χ1) is 12.7. The lowest BCUT2D eigenvalue weighted by Gasteiger charge is -2.13. The Hall–Kier alpha value is -1.39. The van der Waals surface area contributed by atoms with Crippen molar-refractivity contribution in [3.63, 3.8) is 0 Å². The normalized spacial score (nSPS) is 12.4. The predicted octanol–water partition coefficient (Wildman–Crippen LogP) is 6.48. The van der Waals surface area contributed by atoms with E-state index < -0.39 is 11.4 Å². The molecule has 0 aliphatic rings. The third-order valence-corrected chi connectivity index (χ3v) is 5.20. The van der Waals surface area contributed by atoms with Crippen molar-refractivity contribution in [2.75, 3.05) is 0 Å². The van der Waals surface area contributed by atoms with Crippen LogP contribution >= 0.6 is 0 Å². The molecule has 2 rings (SSSR count). The van der Waals surface area contributed by atoms with Gasteiger partial charge in [0.25, 0.3) is 0 Å². The van der Waals surface area contributed by atoms with Gasteiger partial charge in [-0.3, -0.25) is 0 Å². The Labute approximate surface area is 160 Å². The fraction of sp³-hybridized carbons (Fsp3) is 0.545. The van der Waals surface area contributed by atoms with Crippen molar-refractivity contribution in [2.45, 2.75) is 77.6 Å². The topological polar surface area (TPSA) is 49.4 Å². The monoisotopic (exact) mass is 375 g/mol. The maximum absolute atomic E-state index is 11.0. The van der Waals surface area contributed by atoms with E-state index in [2.05, 4.69) is 19.1 Å². The third-order valence-electron chi connectivity index (χ3n) is 4.89. The largest absolute Gasteiger partial charge is 0.740 e. The smallest absolute Gasteiger partial charge is 0.143 e. The number of benzene rings is 2. The Bertz CT molecular complexity index is 684. The van der Waals surface area contributed by atoms with Crippen molar-refractivity contribution in [1.82, 2.24) is 0 Å². The number of unbranched alkanes of at least 4 members (excludes halogenated alkanes) is 9. The molecule has 26 heavy (non-hydrogen) atoms. The van der Waals surface area contributed by atoms with E-state index in [0.717, 1.165) is 29.2 Å². The summed E-state index contributed by atoms with van der Waals surface area (Å²) in [7, 11) is 0. The number of hydrogen-bond donors (Lipinski definition) is 0. The second kappa shape index (κ2) is 12.1. The van der Waals surface area contributed by atoms with Crippen molar-refractivity contribution in [3.8, 4) is 5.75 Å². The number of rotatable bonds is 13. The van der Waals surface area contributed by atoms with Gasteiger partial charge < -0.3 is 8.74 Å². The number of fused-ring (bicyclic) bond motifs is 1. The van der Waals surface area contributed by atoms with Gasteiger partial charge in [0.1, 0.15) is 17.1 Å². The molecule has 0 radical (unpaired) electrons. The maximum Gasteiger partial charge on any atom is 0.143 e. The highest BCUT2D eigenvalue weighted by atomic mass is 32.2. The highest BCUT2D eigenvalue weighted by Gasteiger charge is 2.07. The Morgan fingerprint density at radius 3 is 1.96 bits per heavy atom. The molecule has 0 saturated heterocycles. The summed E-state index contributed by atoms with van der Waals surface area (Å²) in [5.41, 5.74) is 0.979. The van der Waals surface area contributed by atoms with Crippen molar-refractivity contribution in [1.29, 1.82) is 0 Å². The van der Waals surface area contributed by atoms with E-state index in [1.54, 1.807) is 0 Å². The molecular formula is C22H31O3S-. The van der Waals surface area contributed by atoms with Gasteiger partial charge in [0.05, 0.1) is 0 Å². The Balaban J connectivity index is 1.77. The molecule has 0 bridgehead atoms. The molecule has 3 nitrogen and oxygen atoms in total. The quantitative estimate of drug-likeness (QED) is 0.297. The summed E-state index contributed by atoms with van der Waals surface area (Å²) in [6, 6.07) is 11.9. The summed E-state index contributed by atoms with van der Waals surface area (Å²) in [4.78, 5) is 0. The first kappa shape index (κ1) is 20.9. The predicted molar refractivity (Wildman–Crippen MR) is 109 cm³/mol.